The molecule has 2 aliphatic rings. The minimum Gasteiger partial charge on any atom is -0.460 e. The van der Waals surface area contributed by atoms with E-state index in [-0.39, 0.29) is 6.61 Å². The fourth-order valence-electron chi connectivity index (χ4n) is 5.73. The first-order valence-electron chi connectivity index (χ1n) is 10.4. The molecule has 2 saturated carbocycles. The Balaban J connectivity index is 1.99. The lowest BCUT2D eigenvalue weighted by Gasteiger charge is -2.58. The molecule has 2 aliphatic carbocycles. The van der Waals surface area contributed by atoms with Gasteiger partial charge in [-0.3, -0.25) is 0 Å². The van der Waals surface area contributed by atoms with E-state index in [0.717, 1.165) is 30.8 Å². The molecule has 4 nitrogen and oxygen atoms in total. The summed E-state index contributed by atoms with van der Waals surface area (Å²) in [6.45, 7) is 13.1. The maximum atomic E-state index is 11.9. The van der Waals surface area contributed by atoms with E-state index in [1.807, 2.05) is 6.92 Å². The zero-order valence-electron chi connectivity index (χ0n) is 17.6. The van der Waals surface area contributed by atoms with Gasteiger partial charge in [0.25, 0.3) is 0 Å². The van der Waals surface area contributed by atoms with Crippen LogP contribution in [0.25, 0.3) is 0 Å². The molecule has 2 rings (SSSR count). The fourth-order valence-corrected chi connectivity index (χ4v) is 5.73. The molecule has 0 aliphatic heterocycles. The molecule has 0 radical (unpaired) electrons. The number of carbonyl (C=O) groups is 1. The number of hydrogen-bond acceptors (Lipinski definition) is 4. The highest BCUT2D eigenvalue weighted by Gasteiger charge is 2.52. The number of aliphatic hydroxyl groups is 2. The molecule has 4 atom stereocenters. The van der Waals surface area contributed by atoms with Crippen LogP contribution in [0.4, 0.5) is 0 Å². The minimum absolute atomic E-state index is 0.173. The van der Waals surface area contributed by atoms with Crippen molar-refractivity contribution in [3.8, 4) is 0 Å². The summed E-state index contributed by atoms with van der Waals surface area (Å²) in [5, 5.41) is 18.0. The highest BCUT2D eigenvalue weighted by atomic mass is 16.5. The van der Waals surface area contributed by atoms with Crippen molar-refractivity contribution >= 4 is 5.97 Å². The number of hydrogen-bond donors (Lipinski definition) is 2. The first kappa shape index (κ1) is 22.2. The number of esters is 1. The third kappa shape index (κ3) is 5.23. The van der Waals surface area contributed by atoms with Crippen molar-refractivity contribution in [2.24, 2.45) is 22.7 Å². The van der Waals surface area contributed by atoms with E-state index in [1.54, 1.807) is 0 Å². The Bertz CT molecular complexity index is 577. The summed E-state index contributed by atoms with van der Waals surface area (Å²) in [6, 6.07) is 0. The fraction of sp³-hybridized carbons (Fsp3) is 0.783. The van der Waals surface area contributed by atoms with Gasteiger partial charge in [0.05, 0.1) is 6.61 Å². The van der Waals surface area contributed by atoms with E-state index in [0.29, 0.717) is 16.7 Å². The van der Waals surface area contributed by atoms with E-state index in [4.69, 9.17) is 9.84 Å². The van der Waals surface area contributed by atoms with E-state index in [1.165, 1.54) is 37.3 Å². The summed E-state index contributed by atoms with van der Waals surface area (Å²) >= 11 is 0. The zero-order valence-corrected chi connectivity index (χ0v) is 17.6. The molecule has 0 aromatic heterocycles. The molecule has 0 spiro atoms. The van der Waals surface area contributed by atoms with Crippen molar-refractivity contribution in [2.45, 2.75) is 78.7 Å². The Labute approximate surface area is 164 Å². The van der Waals surface area contributed by atoms with Gasteiger partial charge in [-0.1, -0.05) is 44.9 Å². The molecule has 27 heavy (non-hydrogen) atoms. The topological polar surface area (TPSA) is 66.8 Å². The van der Waals surface area contributed by atoms with Gasteiger partial charge in [-0.25, -0.2) is 4.79 Å². The summed E-state index contributed by atoms with van der Waals surface area (Å²) in [7, 11) is 0. The second kappa shape index (κ2) is 8.91. The van der Waals surface area contributed by atoms with Crippen LogP contribution >= 0.6 is 0 Å². The van der Waals surface area contributed by atoms with Crippen molar-refractivity contribution in [1.82, 2.24) is 0 Å². The van der Waals surface area contributed by atoms with Crippen LogP contribution in [0.15, 0.2) is 23.8 Å². The van der Waals surface area contributed by atoms with Crippen molar-refractivity contribution in [3.63, 3.8) is 0 Å². The largest absolute Gasteiger partial charge is 0.460 e. The number of aliphatic hydroxyl groups excluding tert-OH is 2. The second-order valence-corrected chi connectivity index (χ2v) is 9.65. The van der Waals surface area contributed by atoms with Crippen molar-refractivity contribution < 1.29 is 19.7 Å². The van der Waals surface area contributed by atoms with Crippen molar-refractivity contribution in [1.29, 1.82) is 0 Å². The molecule has 2 N–H and O–H groups in total. The number of ether oxygens (including phenoxy) is 1. The van der Waals surface area contributed by atoms with E-state index in [9.17, 15) is 9.90 Å². The van der Waals surface area contributed by atoms with E-state index in [2.05, 4.69) is 27.4 Å². The molecule has 0 amide bonds. The Morgan fingerprint density at radius 3 is 2.74 bits per heavy atom. The SMILES string of the molecule is C=C1CCC2C(C)(C)CCCC2(C)C1CCC(C)=CC(=O)OCC(O)CO. The van der Waals surface area contributed by atoms with Crippen LogP contribution in [-0.2, 0) is 9.53 Å². The predicted molar refractivity (Wildman–Crippen MR) is 108 cm³/mol. The standard InChI is InChI=1S/C23H38O4/c1-16(13-21(26)27-15-18(25)14-24)7-9-19-17(2)8-10-20-22(3,4)11-6-12-23(19,20)5/h13,18-20,24-25H,2,6-12,14-15H2,1,3-5H3. The summed E-state index contributed by atoms with van der Waals surface area (Å²) in [5.74, 6) is 0.792. The van der Waals surface area contributed by atoms with Gasteiger partial charge in [0.2, 0.25) is 0 Å². The van der Waals surface area contributed by atoms with Gasteiger partial charge >= 0.3 is 5.97 Å². The van der Waals surface area contributed by atoms with Crippen LogP contribution in [0, 0.1) is 22.7 Å². The second-order valence-electron chi connectivity index (χ2n) is 9.65. The molecular weight excluding hydrogens is 340 g/mol. The first-order valence-corrected chi connectivity index (χ1v) is 10.4. The van der Waals surface area contributed by atoms with E-state index < -0.39 is 18.7 Å². The third-order valence-corrected chi connectivity index (χ3v) is 7.14. The van der Waals surface area contributed by atoms with Crippen LogP contribution in [0.2, 0.25) is 0 Å². The number of rotatable bonds is 7. The van der Waals surface area contributed by atoms with E-state index >= 15 is 0 Å². The van der Waals surface area contributed by atoms with Gasteiger partial charge in [-0.2, -0.15) is 0 Å². The molecule has 0 aromatic carbocycles. The van der Waals surface area contributed by atoms with Gasteiger partial charge in [0.15, 0.2) is 0 Å². The van der Waals surface area contributed by atoms with Crippen LogP contribution in [0.5, 0.6) is 0 Å². The molecule has 4 heteroatoms. The number of fused-ring (bicyclic) bond motifs is 1. The van der Waals surface area contributed by atoms with Gasteiger partial charge in [0, 0.05) is 6.08 Å². The van der Waals surface area contributed by atoms with Crippen LogP contribution in [0.3, 0.4) is 0 Å². The van der Waals surface area contributed by atoms with Crippen LogP contribution in [-0.4, -0.2) is 35.5 Å². The Morgan fingerprint density at radius 1 is 1.37 bits per heavy atom. The van der Waals surface area contributed by atoms with Gasteiger partial charge in [-0.15, -0.1) is 0 Å². The lowest BCUT2D eigenvalue weighted by Crippen LogP contribution is -2.49. The predicted octanol–water partition coefficient (Wildman–Crippen LogP) is 4.41. The Morgan fingerprint density at radius 2 is 2.07 bits per heavy atom. The quantitative estimate of drug-likeness (QED) is 0.391. The molecule has 0 aromatic rings. The molecule has 2 fully saturated rings. The third-order valence-electron chi connectivity index (χ3n) is 7.14. The lowest BCUT2D eigenvalue weighted by molar-refractivity contribution is -0.141. The van der Waals surface area contributed by atoms with Crippen molar-refractivity contribution in [3.05, 3.63) is 23.8 Å². The molecule has 0 heterocycles. The summed E-state index contributed by atoms with van der Waals surface area (Å²) in [6.07, 6.45) is 8.63. The monoisotopic (exact) mass is 378 g/mol. The average molecular weight is 379 g/mol. The summed E-state index contributed by atoms with van der Waals surface area (Å²) < 4.78 is 4.97. The number of carbonyl (C=O) groups excluding carboxylic acids is 1. The molecular formula is C23H38O4. The molecule has 154 valence electrons. The van der Waals surface area contributed by atoms with Gasteiger partial charge in [-0.05, 0) is 68.1 Å². The number of allylic oxidation sites excluding steroid dienone is 2. The maximum absolute atomic E-state index is 11.9. The maximum Gasteiger partial charge on any atom is 0.330 e. The van der Waals surface area contributed by atoms with Crippen LogP contribution in [0.1, 0.15) is 72.6 Å². The minimum atomic E-state index is -1.01. The molecule has 4 unspecified atom stereocenters. The highest BCUT2D eigenvalue weighted by Crippen LogP contribution is 2.61. The first-order chi connectivity index (χ1) is 12.6. The highest BCUT2D eigenvalue weighted by molar-refractivity contribution is 5.82. The molecule has 0 bridgehead atoms. The van der Waals surface area contributed by atoms with Gasteiger partial charge in [0.1, 0.15) is 12.7 Å². The van der Waals surface area contributed by atoms with Crippen LogP contribution < -0.4 is 0 Å². The lowest BCUT2D eigenvalue weighted by atomic mass is 9.47. The zero-order chi connectivity index (χ0) is 20.2. The van der Waals surface area contributed by atoms with Gasteiger partial charge < -0.3 is 14.9 Å². The Kier molecular flexibility index (Phi) is 7.32. The smallest absolute Gasteiger partial charge is 0.330 e. The van der Waals surface area contributed by atoms with Crippen molar-refractivity contribution in [2.75, 3.05) is 13.2 Å². The average Bonchev–Trinajstić information content (AvgIpc) is 2.58. The summed E-state index contributed by atoms with van der Waals surface area (Å²) in [4.78, 5) is 11.9. The normalized spacial score (nSPS) is 31.9. The molecule has 0 saturated heterocycles. The summed E-state index contributed by atoms with van der Waals surface area (Å²) in [5.41, 5.74) is 3.08. The Hall–Kier alpha value is -1.13.